The van der Waals surface area contributed by atoms with Crippen molar-refractivity contribution in [3.8, 4) is 0 Å². The maximum atomic E-state index is 13.4. The van der Waals surface area contributed by atoms with E-state index in [9.17, 15) is 4.79 Å². The van der Waals surface area contributed by atoms with Gasteiger partial charge in [-0.25, -0.2) is 4.98 Å². The Hall–Kier alpha value is -1.76. The second-order valence-corrected chi connectivity index (χ2v) is 8.49. The highest BCUT2D eigenvalue weighted by molar-refractivity contribution is 7.09. The van der Waals surface area contributed by atoms with E-state index < -0.39 is 0 Å². The van der Waals surface area contributed by atoms with Gasteiger partial charge in [0.1, 0.15) is 18.1 Å². The van der Waals surface area contributed by atoms with E-state index in [-0.39, 0.29) is 5.92 Å². The molecule has 1 amide bonds. The van der Waals surface area contributed by atoms with Gasteiger partial charge >= 0.3 is 0 Å². The number of rotatable bonds is 6. The van der Waals surface area contributed by atoms with Gasteiger partial charge in [0.2, 0.25) is 5.91 Å². The van der Waals surface area contributed by atoms with Crippen LogP contribution < -0.4 is 4.90 Å². The number of morpholine rings is 1. The van der Waals surface area contributed by atoms with Crippen molar-refractivity contribution in [1.82, 2.24) is 9.88 Å². The predicted molar refractivity (Wildman–Crippen MR) is 106 cm³/mol. The fourth-order valence-corrected chi connectivity index (χ4v) is 4.76. The third kappa shape index (κ3) is 4.75. The normalized spacial score (nSPS) is 20.2. The van der Waals surface area contributed by atoms with E-state index in [4.69, 9.17) is 4.74 Å². The Morgan fingerprint density at radius 1 is 1.26 bits per heavy atom. The molecule has 1 aromatic heterocycles. The smallest absolute Gasteiger partial charge is 0.226 e. The van der Waals surface area contributed by atoms with Crippen molar-refractivity contribution < 1.29 is 14.4 Å². The van der Waals surface area contributed by atoms with Crippen LogP contribution in [-0.2, 0) is 28.9 Å². The number of nitrogens with one attached hydrogen (secondary N) is 1. The molecule has 1 aromatic carbocycles. The van der Waals surface area contributed by atoms with Crippen molar-refractivity contribution in [2.45, 2.75) is 25.8 Å². The molecule has 5 nitrogen and oxygen atoms in total. The summed E-state index contributed by atoms with van der Waals surface area (Å²) in [7, 11) is 0. The minimum absolute atomic E-state index is 0.0968. The first kappa shape index (κ1) is 18.6. The quantitative estimate of drug-likeness (QED) is 0.811. The van der Waals surface area contributed by atoms with Gasteiger partial charge in [-0.15, -0.1) is 11.3 Å². The number of quaternary nitrogens is 1. The van der Waals surface area contributed by atoms with Crippen LogP contribution in [0.5, 0.6) is 0 Å². The maximum absolute atomic E-state index is 13.4. The SMILES string of the molecule is O=C([C@H]1CCc2ccccc2C1)N(CC[NH+]1CCOCC1)Cc1nccs1. The molecule has 0 unspecified atom stereocenters. The number of aromatic nitrogens is 1. The van der Waals surface area contributed by atoms with Crippen LogP contribution in [0.3, 0.4) is 0 Å². The van der Waals surface area contributed by atoms with Crippen LogP contribution in [0.4, 0.5) is 0 Å². The number of hydrogen-bond acceptors (Lipinski definition) is 4. The van der Waals surface area contributed by atoms with Gasteiger partial charge in [-0.1, -0.05) is 24.3 Å². The molecule has 27 heavy (non-hydrogen) atoms. The number of nitrogens with zero attached hydrogens (tertiary/aromatic N) is 2. The van der Waals surface area contributed by atoms with Crippen molar-refractivity contribution >= 4 is 17.2 Å². The average Bonchev–Trinajstić information content (AvgIpc) is 3.24. The number of amides is 1. The Labute approximate surface area is 165 Å². The lowest BCUT2D eigenvalue weighted by Crippen LogP contribution is -3.14. The molecule has 2 heterocycles. The summed E-state index contributed by atoms with van der Waals surface area (Å²) < 4.78 is 5.46. The maximum Gasteiger partial charge on any atom is 0.226 e. The summed E-state index contributed by atoms with van der Waals surface area (Å²) in [5.41, 5.74) is 2.75. The molecular weight excluding hydrogens is 358 g/mol. The third-order valence-electron chi connectivity index (χ3n) is 5.75. The summed E-state index contributed by atoms with van der Waals surface area (Å²) in [5, 5.41) is 3.01. The molecular formula is C21H28N3O2S+. The van der Waals surface area contributed by atoms with E-state index in [1.165, 1.54) is 16.0 Å². The molecule has 2 aromatic rings. The van der Waals surface area contributed by atoms with Gasteiger partial charge in [0, 0.05) is 17.5 Å². The van der Waals surface area contributed by atoms with E-state index >= 15 is 0 Å². The van der Waals surface area contributed by atoms with Crippen LogP contribution in [0.2, 0.25) is 0 Å². The summed E-state index contributed by atoms with van der Waals surface area (Å²) in [5.74, 6) is 0.395. The van der Waals surface area contributed by atoms with Crippen molar-refractivity contribution in [3.05, 3.63) is 52.0 Å². The van der Waals surface area contributed by atoms with E-state index in [0.29, 0.717) is 12.5 Å². The Kier molecular flexibility index (Phi) is 6.17. The fraction of sp³-hybridized carbons (Fsp3) is 0.524. The molecule has 4 rings (SSSR count). The lowest BCUT2D eigenvalue weighted by Gasteiger charge is -2.31. The first-order chi connectivity index (χ1) is 13.3. The fourth-order valence-electron chi connectivity index (χ4n) is 4.13. The van der Waals surface area contributed by atoms with Crippen molar-refractivity contribution in [1.29, 1.82) is 0 Å². The van der Waals surface area contributed by atoms with Crippen LogP contribution >= 0.6 is 11.3 Å². The monoisotopic (exact) mass is 386 g/mol. The van der Waals surface area contributed by atoms with Gasteiger partial charge in [-0.2, -0.15) is 0 Å². The summed E-state index contributed by atoms with van der Waals surface area (Å²) in [6, 6.07) is 8.56. The van der Waals surface area contributed by atoms with Gasteiger partial charge in [-0.05, 0) is 30.4 Å². The number of ether oxygens (including phenoxy) is 1. The summed E-state index contributed by atoms with van der Waals surface area (Å²) in [6.07, 6.45) is 4.65. The third-order valence-corrected chi connectivity index (χ3v) is 6.52. The second-order valence-electron chi connectivity index (χ2n) is 7.51. The zero-order chi connectivity index (χ0) is 18.5. The molecule has 2 aliphatic rings. The lowest BCUT2D eigenvalue weighted by atomic mass is 9.83. The number of hydrogen-bond donors (Lipinski definition) is 1. The molecule has 1 saturated heterocycles. The van der Waals surface area contributed by atoms with Crippen molar-refractivity contribution in [2.24, 2.45) is 5.92 Å². The molecule has 0 bridgehead atoms. The molecule has 0 saturated carbocycles. The van der Waals surface area contributed by atoms with E-state index in [0.717, 1.165) is 63.7 Å². The number of benzene rings is 1. The molecule has 1 aliphatic heterocycles. The van der Waals surface area contributed by atoms with Crippen LogP contribution in [-0.4, -0.2) is 55.2 Å². The van der Waals surface area contributed by atoms with Crippen LogP contribution in [0.1, 0.15) is 22.6 Å². The molecule has 0 spiro atoms. The highest BCUT2D eigenvalue weighted by Gasteiger charge is 2.29. The Morgan fingerprint density at radius 2 is 2.07 bits per heavy atom. The van der Waals surface area contributed by atoms with Gasteiger partial charge in [0.25, 0.3) is 0 Å². The summed E-state index contributed by atoms with van der Waals surface area (Å²) >= 11 is 1.63. The van der Waals surface area contributed by atoms with Crippen molar-refractivity contribution in [3.63, 3.8) is 0 Å². The zero-order valence-electron chi connectivity index (χ0n) is 15.7. The molecule has 144 valence electrons. The number of carbonyl (C=O) groups excluding carboxylic acids is 1. The minimum Gasteiger partial charge on any atom is -0.370 e. The second kappa shape index (κ2) is 8.95. The average molecular weight is 387 g/mol. The summed E-state index contributed by atoms with van der Waals surface area (Å²) in [6.45, 7) is 6.16. The topological polar surface area (TPSA) is 46.9 Å². The lowest BCUT2D eigenvalue weighted by molar-refractivity contribution is -0.907. The number of thiazole rings is 1. The molecule has 0 radical (unpaired) electrons. The largest absolute Gasteiger partial charge is 0.370 e. The molecule has 1 N–H and O–H groups in total. The first-order valence-electron chi connectivity index (χ1n) is 9.95. The van der Waals surface area contributed by atoms with E-state index in [2.05, 4.69) is 34.1 Å². The van der Waals surface area contributed by atoms with E-state index in [1.807, 2.05) is 11.6 Å². The zero-order valence-corrected chi connectivity index (χ0v) is 16.5. The molecule has 1 fully saturated rings. The molecule has 1 aliphatic carbocycles. The predicted octanol–water partition coefficient (Wildman–Crippen LogP) is 1.19. The van der Waals surface area contributed by atoms with Gasteiger partial charge in [-0.3, -0.25) is 4.79 Å². The minimum atomic E-state index is 0.0968. The van der Waals surface area contributed by atoms with Gasteiger partial charge in [0.05, 0.1) is 32.8 Å². The first-order valence-corrected chi connectivity index (χ1v) is 10.8. The number of aryl methyl sites for hydroxylation is 1. The number of carbonyl (C=O) groups is 1. The Morgan fingerprint density at radius 3 is 2.85 bits per heavy atom. The Balaban J connectivity index is 1.43. The van der Waals surface area contributed by atoms with Crippen molar-refractivity contribution in [2.75, 3.05) is 39.4 Å². The highest BCUT2D eigenvalue weighted by atomic mass is 32.1. The van der Waals surface area contributed by atoms with Gasteiger partial charge in [0.15, 0.2) is 0 Å². The van der Waals surface area contributed by atoms with Crippen LogP contribution in [0.25, 0.3) is 0 Å². The molecule has 6 heteroatoms. The van der Waals surface area contributed by atoms with E-state index in [1.54, 1.807) is 11.3 Å². The molecule has 1 atom stereocenters. The van der Waals surface area contributed by atoms with Crippen LogP contribution in [0.15, 0.2) is 35.8 Å². The Bertz CT molecular complexity index is 744. The standard InChI is InChI=1S/C21H27N3O2S/c25-21(19-6-5-17-3-1-2-4-18(17)15-19)24(16-20-22-7-14-27-20)9-8-23-10-12-26-13-11-23/h1-4,7,14,19H,5-6,8-13,15-16H2/p+1/t19-/m0/s1. The van der Waals surface area contributed by atoms with Crippen LogP contribution in [0, 0.1) is 5.92 Å². The highest BCUT2D eigenvalue weighted by Crippen LogP contribution is 2.27. The summed E-state index contributed by atoms with van der Waals surface area (Å²) in [4.78, 5) is 21.4. The van der Waals surface area contributed by atoms with Gasteiger partial charge < -0.3 is 14.5 Å². The number of fused-ring (bicyclic) bond motifs is 1.